The van der Waals surface area contributed by atoms with Gasteiger partial charge in [-0.1, -0.05) is 0 Å². The Morgan fingerprint density at radius 3 is 2.88 bits per heavy atom. The van der Waals surface area contributed by atoms with E-state index >= 15 is 0 Å². The average Bonchev–Trinajstić information content (AvgIpc) is 1.68. The van der Waals surface area contributed by atoms with Crippen molar-refractivity contribution in [2.45, 2.75) is 20.1 Å². The zero-order chi connectivity index (χ0) is 6.41. The summed E-state index contributed by atoms with van der Waals surface area (Å²) in [5.74, 6) is 0. The molecular formula is C5H9NOS. The molecule has 0 amide bonds. The summed E-state index contributed by atoms with van der Waals surface area (Å²) in [6.45, 7) is 4.40. The van der Waals surface area contributed by atoms with Crippen LogP contribution in [0.5, 0.6) is 0 Å². The van der Waals surface area contributed by atoms with Gasteiger partial charge in [-0.25, -0.2) is 4.99 Å². The molecule has 0 radical (unpaired) electrons. The van der Waals surface area contributed by atoms with Crippen molar-refractivity contribution in [3.05, 3.63) is 0 Å². The summed E-state index contributed by atoms with van der Waals surface area (Å²) in [5, 5.41) is 2.24. The van der Waals surface area contributed by atoms with Crippen molar-refractivity contribution in [1.29, 1.82) is 0 Å². The van der Waals surface area contributed by atoms with Gasteiger partial charge in [-0.15, -0.1) is 0 Å². The van der Waals surface area contributed by atoms with Gasteiger partial charge < -0.3 is 4.74 Å². The van der Waals surface area contributed by atoms with Crippen LogP contribution < -0.4 is 0 Å². The van der Waals surface area contributed by atoms with E-state index in [-0.39, 0.29) is 6.23 Å². The second kappa shape index (κ2) is 4.91. The van der Waals surface area contributed by atoms with Crippen molar-refractivity contribution in [3.63, 3.8) is 0 Å². The number of aliphatic imine (C=N–C) groups is 1. The molecule has 0 aliphatic heterocycles. The predicted molar refractivity (Wildman–Crippen MR) is 36.1 cm³/mol. The Hall–Kier alpha value is -0.240. The van der Waals surface area contributed by atoms with E-state index in [1.54, 1.807) is 0 Å². The van der Waals surface area contributed by atoms with Crippen LogP contribution in [-0.2, 0) is 4.74 Å². The third-order valence-electron chi connectivity index (χ3n) is 0.642. The standard InChI is InChI=1S/C5H9NOS/c1-3-7-5(2)6-4-8/h5H,3H2,1-2H3. The van der Waals surface area contributed by atoms with Crippen LogP contribution in [0.25, 0.3) is 0 Å². The van der Waals surface area contributed by atoms with Crippen molar-refractivity contribution >= 4 is 17.4 Å². The molecule has 8 heavy (non-hydrogen) atoms. The Bertz CT molecular complexity index is 98.6. The summed E-state index contributed by atoms with van der Waals surface area (Å²) < 4.78 is 4.99. The van der Waals surface area contributed by atoms with Crippen LogP contribution >= 0.6 is 12.2 Å². The van der Waals surface area contributed by atoms with E-state index < -0.39 is 0 Å². The third kappa shape index (κ3) is 3.93. The fourth-order valence-electron chi connectivity index (χ4n) is 0.353. The highest BCUT2D eigenvalue weighted by molar-refractivity contribution is 7.78. The lowest BCUT2D eigenvalue weighted by molar-refractivity contribution is 0.0838. The summed E-state index contributed by atoms with van der Waals surface area (Å²) in [7, 11) is 0. The highest BCUT2D eigenvalue weighted by Crippen LogP contribution is 1.88. The Balaban J connectivity index is 3.31. The van der Waals surface area contributed by atoms with Gasteiger partial charge in [0.15, 0.2) is 6.23 Å². The molecule has 1 unspecified atom stereocenters. The third-order valence-corrected chi connectivity index (χ3v) is 0.748. The lowest BCUT2D eigenvalue weighted by Gasteiger charge is -2.00. The second-order valence-corrected chi connectivity index (χ2v) is 1.46. The van der Waals surface area contributed by atoms with E-state index in [0.29, 0.717) is 6.61 Å². The van der Waals surface area contributed by atoms with E-state index in [2.05, 4.69) is 22.4 Å². The first-order chi connectivity index (χ1) is 3.81. The molecule has 0 rings (SSSR count). The summed E-state index contributed by atoms with van der Waals surface area (Å²) >= 11 is 4.35. The number of isothiocyanates is 1. The van der Waals surface area contributed by atoms with Crippen molar-refractivity contribution in [2.75, 3.05) is 6.61 Å². The number of ether oxygens (including phenoxy) is 1. The number of thiocarbonyl (C=S) groups is 1. The largest absolute Gasteiger partial charge is 0.356 e. The highest BCUT2D eigenvalue weighted by Gasteiger charge is 1.90. The van der Waals surface area contributed by atoms with Crippen LogP contribution in [0, 0.1) is 0 Å². The van der Waals surface area contributed by atoms with Gasteiger partial charge in [-0.3, -0.25) is 0 Å². The first-order valence-corrected chi connectivity index (χ1v) is 2.90. The second-order valence-electron chi connectivity index (χ2n) is 1.28. The molecule has 0 spiro atoms. The SMILES string of the molecule is CCOC(C)N=C=S. The van der Waals surface area contributed by atoms with Gasteiger partial charge in [0.25, 0.3) is 0 Å². The maximum Gasteiger partial charge on any atom is 0.155 e. The average molecular weight is 131 g/mol. The first-order valence-electron chi connectivity index (χ1n) is 2.49. The van der Waals surface area contributed by atoms with Crippen LogP contribution in [0.1, 0.15) is 13.8 Å². The molecule has 0 aromatic rings. The monoisotopic (exact) mass is 131 g/mol. The summed E-state index contributed by atoms with van der Waals surface area (Å²) in [4.78, 5) is 3.66. The lowest BCUT2D eigenvalue weighted by Crippen LogP contribution is -2.02. The van der Waals surface area contributed by atoms with E-state index in [4.69, 9.17) is 4.74 Å². The maximum absolute atomic E-state index is 4.99. The minimum Gasteiger partial charge on any atom is -0.356 e. The summed E-state index contributed by atoms with van der Waals surface area (Å²) in [5.41, 5.74) is 0. The number of hydrogen-bond acceptors (Lipinski definition) is 3. The maximum atomic E-state index is 4.99. The van der Waals surface area contributed by atoms with Crippen LogP contribution in [0.15, 0.2) is 4.99 Å². The topological polar surface area (TPSA) is 21.6 Å². The fourth-order valence-corrected chi connectivity index (χ4v) is 0.501. The minimum absolute atomic E-state index is 0.127. The molecule has 1 atom stereocenters. The Labute approximate surface area is 54.6 Å². The zero-order valence-corrected chi connectivity index (χ0v) is 5.86. The molecule has 0 N–H and O–H groups in total. The Kier molecular flexibility index (Phi) is 4.76. The van der Waals surface area contributed by atoms with Crippen molar-refractivity contribution in [2.24, 2.45) is 4.99 Å². The van der Waals surface area contributed by atoms with Gasteiger partial charge in [-0.05, 0) is 26.1 Å². The normalized spacial score (nSPS) is 12.2. The molecule has 0 aliphatic carbocycles. The Morgan fingerprint density at radius 2 is 2.50 bits per heavy atom. The van der Waals surface area contributed by atoms with Crippen LogP contribution in [0.4, 0.5) is 0 Å². The quantitative estimate of drug-likeness (QED) is 0.427. The number of hydrogen-bond donors (Lipinski definition) is 0. The van der Waals surface area contributed by atoms with E-state index in [1.807, 2.05) is 13.8 Å². The molecule has 0 aromatic carbocycles. The molecule has 0 aromatic heterocycles. The molecule has 0 fully saturated rings. The molecule has 0 heterocycles. The van der Waals surface area contributed by atoms with E-state index in [9.17, 15) is 0 Å². The van der Waals surface area contributed by atoms with Crippen LogP contribution in [0.2, 0.25) is 0 Å². The summed E-state index contributed by atoms with van der Waals surface area (Å²) in [6, 6.07) is 0. The van der Waals surface area contributed by atoms with Gasteiger partial charge in [0.2, 0.25) is 0 Å². The first kappa shape index (κ1) is 7.76. The smallest absolute Gasteiger partial charge is 0.155 e. The highest BCUT2D eigenvalue weighted by atomic mass is 32.1. The number of rotatable bonds is 3. The molecule has 3 heteroatoms. The van der Waals surface area contributed by atoms with Crippen molar-refractivity contribution in [1.82, 2.24) is 0 Å². The molecule has 2 nitrogen and oxygen atoms in total. The van der Waals surface area contributed by atoms with Crippen molar-refractivity contribution < 1.29 is 4.74 Å². The van der Waals surface area contributed by atoms with Gasteiger partial charge in [0, 0.05) is 6.61 Å². The minimum atomic E-state index is -0.127. The van der Waals surface area contributed by atoms with Gasteiger partial charge in [0.1, 0.15) is 0 Å². The van der Waals surface area contributed by atoms with Crippen LogP contribution in [0.3, 0.4) is 0 Å². The predicted octanol–water partition coefficient (Wildman–Crippen LogP) is 1.47. The van der Waals surface area contributed by atoms with Gasteiger partial charge in [0.05, 0.1) is 5.16 Å². The Morgan fingerprint density at radius 1 is 1.88 bits per heavy atom. The molecular weight excluding hydrogens is 122 g/mol. The zero-order valence-electron chi connectivity index (χ0n) is 5.05. The number of nitrogens with zero attached hydrogens (tertiary/aromatic N) is 1. The molecule has 0 aliphatic rings. The fraction of sp³-hybridized carbons (Fsp3) is 0.800. The summed E-state index contributed by atoms with van der Waals surface area (Å²) in [6.07, 6.45) is -0.127. The van der Waals surface area contributed by atoms with Gasteiger partial charge in [-0.2, -0.15) is 0 Å². The molecule has 0 saturated carbocycles. The lowest BCUT2D eigenvalue weighted by atomic mass is 10.7. The van der Waals surface area contributed by atoms with Crippen molar-refractivity contribution in [3.8, 4) is 0 Å². The molecule has 0 saturated heterocycles. The van der Waals surface area contributed by atoms with E-state index in [0.717, 1.165) is 0 Å². The molecule has 0 bridgehead atoms. The van der Waals surface area contributed by atoms with Crippen LogP contribution in [-0.4, -0.2) is 18.0 Å². The van der Waals surface area contributed by atoms with Gasteiger partial charge >= 0.3 is 0 Å². The molecule has 46 valence electrons. The van der Waals surface area contributed by atoms with E-state index in [1.165, 1.54) is 0 Å².